The second kappa shape index (κ2) is 4.47. The van der Waals surface area contributed by atoms with E-state index < -0.39 is 11.0 Å². The molecular weight excluding hydrogens is 180 g/mol. The van der Waals surface area contributed by atoms with Crippen LogP contribution in [0.1, 0.15) is 34.1 Å². The zero-order valence-corrected chi connectivity index (χ0v) is 9.47. The zero-order valence-electron chi connectivity index (χ0n) is 9.47. The lowest BCUT2D eigenvalue weighted by atomic mass is 9.89. The summed E-state index contributed by atoms with van der Waals surface area (Å²) in [6, 6.07) is 0. The Morgan fingerprint density at radius 1 is 1.36 bits per heavy atom. The molecule has 80 valence electrons. The lowest BCUT2D eigenvalue weighted by Crippen LogP contribution is -2.25. The highest BCUT2D eigenvalue weighted by molar-refractivity contribution is 5.76. The van der Waals surface area contributed by atoms with Crippen LogP contribution < -0.4 is 0 Å². The number of rotatable bonds is 2. The molecule has 0 atom stereocenters. The highest BCUT2D eigenvalue weighted by Crippen LogP contribution is 2.21. The van der Waals surface area contributed by atoms with E-state index in [0.717, 1.165) is 0 Å². The topological polar surface area (TPSA) is 46.5 Å². The number of methoxy groups -OCH3 is 1. The molecule has 0 fully saturated rings. The Morgan fingerprint density at radius 2 is 1.86 bits per heavy atom. The predicted octanol–water partition coefficient (Wildman–Crippen LogP) is 1.35. The van der Waals surface area contributed by atoms with E-state index in [1.807, 2.05) is 0 Å². The number of carbonyl (C=O) groups excluding carboxylic acids is 1. The van der Waals surface area contributed by atoms with Crippen LogP contribution in [0.15, 0.2) is 0 Å². The Balaban J connectivity index is 4.37. The van der Waals surface area contributed by atoms with Crippen molar-refractivity contribution in [2.45, 2.75) is 39.7 Å². The largest absolute Gasteiger partial charge is 0.469 e. The van der Waals surface area contributed by atoms with Gasteiger partial charge in [0.15, 0.2) is 0 Å². The van der Waals surface area contributed by atoms with Crippen LogP contribution in [0.4, 0.5) is 0 Å². The second-order valence-corrected chi connectivity index (χ2v) is 4.41. The Bertz CT molecular complexity index is 260. The summed E-state index contributed by atoms with van der Waals surface area (Å²) in [6.07, 6.45) is 0.379. The first kappa shape index (κ1) is 13.0. The molecule has 0 aromatic carbocycles. The maximum absolute atomic E-state index is 11.2. The van der Waals surface area contributed by atoms with E-state index in [9.17, 15) is 9.90 Å². The summed E-state index contributed by atoms with van der Waals surface area (Å²) in [4.78, 5) is 11.2. The molecule has 0 unspecified atom stereocenters. The van der Waals surface area contributed by atoms with Gasteiger partial charge in [0.05, 0.1) is 12.5 Å². The van der Waals surface area contributed by atoms with Gasteiger partial charge in [0, 0.05) is 6.42 Å². The van der Waals surface area contributed by atoms with Crippen LogP contribution in [0, 0.1) is 17.3 Å². The monoisotopic (exact) mass is 198 g/mol. The van der Waals surface area contributed by atoms with Gasteiger partial charge in [-0.3, -0.25) is 4.79 Å². The number of hydrogen-bond donors (Lipinski definition) is 1. The second-order valence-electron chi connectivity index (χ2n) is 4.41. The Kier molecular flexibility index (Phi) is 4.15. The number of ether oxygens (including phenoxy) is 1. The zero-order chi connectivity index (χ0) is 11.4. The van der Waals surface area contributed by atoms with Crippen LogP contribution in [0.25, 0.3) is 0 Å². The minimum Gasteiger partial charge on any atom is -0.469 e. The fourth-order valence-electron chi connectivity index (χ4n) is 0.830. The van der Waals surface area contributed by atoms with Crippen LogP contribution in [0.5, 0.6) is 0 Å². The third kappa shape index (κ3) is 4.88. The molecule has 0 aliphatic heterocycles. The Morgan fingerprint density at radius 3 is 2.21 bits per heavy atom. The van der Waals surface area contributed by atoms with Gasteiger partial charge in [0.1, 0.15) is 5.60 Å². The number of carbonyl (C=O) groups is 1. The third-order valence-electron chi connectivity index (χ3n) is 1.66. The first-order valence-corrected chi connectivity index (χ1v) is 4.50. The van der Waals surface area contributed by atoms with Crippen LogP contribution in [0.2, 0.25) is 0 Å². The quantitative estimate of drug-likeness (QED) is 0.538. The van der Waals surface area contributed by atoms with Crippen LogP contribution >= 0.6 is 0 Å². The summed E-state index contributed by atoms with van der Waals surface area (Å²) >= 11 is 0. The van der Waals surface area contributed by atoms with Crippen molar-refractivity contribution in [1.82, 2.24) is 0 Å². The van der Waals surface area contributed by atoms with E-state index in [-0.39, 0.29) is 5.97 Å². The normalized spacial score (nSPS) is 11.6. The summed E-state index contributed by atoms with van der Waals surface area (Å²) in [5.74, 6) is 5.15. The molecule has 0 heterocycles. The molecular formula is C11H18O3. The van der Waals surface area contributed by atoms with Crippen molar-refractivity contribution >= 4 is 5.97 Å². The molecule has 0 bridgehead atoms. The van der Waals surface area contributed by atoms with E-state index in [1.54, 1.807) is 27.7 Å². The number of aliphatic hydroxyl groups is 1. The molecule has 0 rings (SSSR count). The molecule has 3 nitrogen and oxygen atoms in total. The van der Waals surface area contributed by atoms with Gasteiger partial charge in [-0.25, -0.2) is 0 Å². The van der Waals surface area contributed by atoms with Gasteiger partial charge < -0.3 is 9.84 Å². The van der Waals surface area contributed by atoms with Crippen molar-refractivity contribution in [2.75, 3.05) is 7.11 Å². The molecule has 0 aliphatic rings. The fraction of sp³-hybridized carbons (Fsp3) is 0.727. The summed E-state index contributed by atoms with van der Waals surface area (Å²) in [6.45, 7) is 6.73. The molecule has 3 heteroatoms. The standard InChI is InChI=1S/C11H18O3/c1-10(2,9(12)14-5)7-6-8-11(3,4)13/h13H,7H2,1-5H3. The highest BCUT2D eigenvalue weighted by atomic mass is 16.5. The summed E-state index contributed by atoms with van der Waals surface area (Å²) in [5.41, 5.74) is -1.63. The van der Waals surface area contributed by atoms with Crippen molar-refractivity contribution in [1.29, 1.82) is 0 Å². The van der Waals surface area contributed by atoms with Crippen LogP contribution in [-0.2, 0) is 9.53 Å². The first-order chi connectivity index (χ1) is 6.19. The van der Waals surface area contributed by atoms with Crippen molar-refractivity contribution in [3.63, 3.8) is 0 Å². The molecule has 14 heavy (non-hydrogen) atoms. The SMILES string of the molecule is COC(=O)C(C)(C)CC#CC(C)(C)O. The Hall–Kier alpha value is -1.01. The molecule has 0 aromatic rings. The van der Waals surface area contributed by atoms with E-state index in [2.05, 4.69) is 16.6 Å². The minimum atomic E-state index is -1.01. The molecule has 0 aliphatic carbocycles. The molecule has 0 spiro atoms. The van der Waals surface area contributed by atoms with Crippen molar-refractivity contribution in [3.8, 4) is 11.8 Å². The average Bonchev–Trinajstić information content (AvgIpc) is 2.00. The fourth-order valence-corrected chi connectivity index (χ4v) is 0.830. The van der Waals surface area contributed by atoms with Gasteiger partial charge in [-0.15, -0.1) is 0 Å². The maximum Gasteiger partial charge on any atom is 0.312 e. The third-order valence-corrected chi connectivity index (χ3v) is 1.66. The van der Waals surface area contributed by atoms with Crippen molar-refractivity contribution in [3.05, 3.63) is 0 Å². The van der Waals surface area contributed by atoms with E-state index in [4.69, 9.17) is 0 Å². The maximum atomic E-state index is 11.2. The summed E-state index contributed by atoms with van der Waals surface area (Å²) in [7, 11) is 1.35. The van der Waals surface area contributed by atoms with E-state index in [1.165, 1.54) is 7.11 Å². The Labute approximate surface area is 85.5 Å². The van der Waals surface area contributed by atoms with Gasteiger partial charge in [0.2, 0.25) is 0 Å². The van der Waals surface area contributed by atoms with E-state index >= 15 is 0 Å². The summed E-state index contributed by atoms with van der Waals surface area (Å²) < 4.78 is 4.63. The molecule has 0 saturated carbocycles. The average molecular weight is 198 g/mol. The van der Waals surface area contributed by atoms with Gasteiger partial charge in [0.25, 0.3) is 0 Å². The molecule has 0 radical (unpaired) electrons. The van der Waals surface area contributed by atoms with Crippen LogP contribution in [0.3, 0.4) is 0 Å². The summed E-state index contributed by atoms with van der Waals surface area (Å²) in [5, 5.41) is 9.32. The van der Waals surface area contributed by atoms with Crippen molar-refractivity contribution < 1.29 is 14.6 Å². The van der Waals surface area contributed by atoms with Crippen molar-refractivity contribution in [2.24, 2.45) is 5.41 Å². The highest BCUT2D eigenvalue weighted by Gasteiger charge is 2.27. The smallest absolute Gasteiger partial charge is 0.312 e. The van der Waals surface area contributed by atoms with Gasteiger partial charge >= 0.3 is 5.97 Å². The molecule has 0 aromatic heterocycles. The van der Waals surface area contributed by atoms with Gasteiger partial charge in [-0.1, -0.05) is 11.8 Å². The van der Waals surface area contributed by atoms with Gasteiger partial charge in [-0.2, -0.15) is 0 Å². The number of hydrogen-bond acceptors (Lipinski definition) is 3. The molecule has 1 N–H and O–H groups in total. The van der Waals surface area contributed by atoms with Crippen LogP contribution in [-0.4, -0.2) is 23.8 Å². The number of esters is 1. The molecule has 0 amide bonds. The lowest BCUT2D eigenvalue weighted by molar-refractivity contribution is -0.150. The van der Waals surface area contributed by atoms with E-state index in [0.29, 0.717) is 6.42 Å². The van der Waals surface area contributed by atoms with Gasteiger partial charge in [-0.05, 0) is 27.7 Å². The first-order valence-electron chi connectivity index (χ1n) is 4.50. The minimum absolute atomic E-state index is 0.289. The lowest BCUT2D eigenvalue weighted by Gasteiger charge is -2.18. The predicted molar refractivity (Wildman–Crippen MR) is 54.5 cm³/mol. The molecule has 0 saturated heterocycles.